The third-order valence-corrected chi connectivity index (χ3v) is 6.95. The number of carbonyl (C=O) groups is 1. The number of ether oxygens (including phenoxy) is 2. The second-order valence-electron chi connectivity index (χ2n) is 8.48. The van der Waals surface area contributed by atoms with E-state index in [2.05, 4.69) is 20.8 Å². The predicted octanol–water partition coefficient (Wildman–Crippen LogP) is 3.89. The average molecular weight is 358 g/mol. The molecule has 5 nitrogen and oxygen atoms in total. The summed E-state index contributed by atoms with van der Waals surface area (Å²) in [5.74, 6) is 1.31. The van der Waals surface area contributed by atoms with Crippen LogP contribution in [0.2, 0.25) is 0 Å². The van der Waals surface area contributed by atoms with Crippen molar-refractivity contribution in [1.82, 2.24) is 0 Å². The highest BCUT2D eigenvalue weighted by Gasteiger charge is 2.62. The minimum absolute atomic E-state index is 0.0387. The van der Waals surface area contributed by atoms with Crippen LogP contribution in [-0.2, 0) is 9.53 Å². The Hall–Kier alpha value is -2.04. The number of esters is 1. The second-order valence-corrected chi connectivity index (χ2v) is 8.48. The highest BCUT2D eigenvalue weighted by atomic mass is 16.5. The van der Waals surface area contributed by atoms with Gasteiger partial charge in [0.2, 0.25) is 0 Å². The molecule has 2 aliphatic rings. The summed E-state index contributed by atoms with van der Waals surface area (Å²) in [5.41, 5.74) is 6.47. The molecule has 0 aromatic heterocycles. The lowest BCUT2D eigenvalue weighted by molar-refractivity contribution is -0.157. The minimum atomic E-state index is -0.116. The summed E-state index contributed by atoms with van der Waals surface area (Å²) in [4.78, 5) is 12.2. The van der Waals surface area contributed by atoms with Crippen LogP contribution in [0.1, 0.15) is 58.4 Å². The van der Waals surface area contributed by atoms with E-state index in [-0.39, 0.29) is 28.7 Å². The highest BCUT2D eigenvalue weighted by molar-refractivity contribution is 5.94. The fourth-order valence-electron chi connectivity index (χ4n) is 4.66. The summed E-state index contributed by atoms with van der Waals surface area (Å²) >= 11 is 0. The number of nitrogens with one attached hydrogen (secondary N) is 1. The number of rotatable bonds is 7. The molecular formula is C21H30N2O3. The third-order valence-electron chi connectivity index (χ3n) is 6.95. The molecule has 0 saturated heterocycles. The topological polar surface area (TPSA) is 85.4 Å². The van der Waals surface area contributed by atoms with E-state index in [9.17, 15) is 4.79 Å². The maximum absolute atomic E-state index is 12.2. The van der Waals surface area contributed by atoms with Crippen LogP contribution in [-0.4, -0.2) is 24.5 Å². The van der Waals surface area contributed by atoms with Gasteiger partial charge in [0.05, 0.1) is 6.61 Å². The molecule has 3 atom stereocenters. The van der Waals surface area contributed by atoms with E-state index in [0.29, 0.717) is 36.7 Å². The van der Waals surface area contributed by atoms with Crippen LogP contribution in [0.5, 0.6) is 5.75 Å². The molecule has 26 heavy (non-hydrogen) atoms. The van der Waals surface area contributed by atoms with E-state index < -0.39 is 0 Å². The second kappa shape index (κ2) is 6.93. The molecule has 0 amide bonds. The Morgan fingerprint density at radius 2 is 1.96 bits per heavy atom. The van der Waals surface area contributed by atoms with E-state index >= 15 is 0 Å². The summed E-state index contributed by atoms with van der Waals surface area (Å²) in [7, 11) is 0. The molecule has 142 valence electrons. The summed E-state index contributed by atoms with van der Waals surface area (Å²) < 4.78 is 11.5. The van der Waals surface area contributed by atoms with Crippen LogP contribution in [0, 0.1) is 22.2 Å². The Morgan fingerprint density at radius 1 is 1.27 bits per heavy atom. The summed E-state index contributed by atoms with van der Waals surface area (Å²) in [6.07, 6.45) is 4.49. The summed E-state index contributed by atoms with van der Waals surface area (Å²) in [5, 5.41) is 7.37. The van der Waals surface area contributed by atoms with E-state index in [4.69, 9.17) is 20.6 Å². The molecule has 1 aromatic carbocycles. The van der Waals surface area contributed by atoms with Crippen molar-refractivity contribution in [2.75, 3.05) is 6.61 Å². The van der Waals surface area contributed by atoms with Crippen molar-refractivity contribution in [2.24, 2.45) is 22.5 Å². The lowest BCUT2D eigenvalue weighted by Gasteiger charge is -2.38. The molecular weight excluding hydrogens is 328 g/mol. The molecule has 0 radical (unpaired) electrons. The first-order valence-electron chi connectivity index (χ1n) is 9.51. The Morgan fingerprint density at radius 3 is 2.50 bits per heavy atom. The van der Waals surface area contributed by atoms with E-state index in [1.54, 1.807) is 24.3 Å². The van der Waals surface area contributed by atoms with E-state index in [1.807, 2.05) is 0 Å². The monoisotopic (exact) mass is 358 g/mol. The Balaban J connectivity index is 1.41. The van der Waals surface area contributed by atoms with Crippen molar-refractivity contribution >= 4 is 11.8 Å². The Kier molecular flexibility index (Phi) is 5.00. The van der Waals surface area contributed by atoms with Gasteiger partial charge >= 0.3 is 5.97 Å². The highest BCUT2D eigenvalue weighted by Crippen LogP contribution is 2.66. The lowest BCUT2D eigenvalue weighted by atomic mass is 9.70. The summed E-state index contributed by atoms with van der Waals surface area (Å²) in [6.45, 7) is 7.39. The van der Waals surface area contributed by atoms with Crippen molar-refractivity contribution in [1.29, 1.82) is 5.41 Å². The molecule has 0 spiro atoms. The number of fused-ring (bicyclic) bond motifs is 2. The maximum atomic E-state index is 12.2. The molecule has 0 unspecified atom stereocenters. The molecule has 1 aromatic rings. The van der Waals surface area contributed by atoms with Crippen LogP contribution >= 0.6 is 0 Å². The lowest BCUT2D eigenvalue weighted by Crippen LogP contribution is -2.38. The standard InChI is InChI=1S/C21H30N2O3/c1-20(2)15-10-11-21(20,3)17(13-15)26-18(24)5-4-12-25-16-8-6-14(7-9-16)19(22)23/h6-9,15,17H,4-5,10-13H2,1-3H3,(H3,22,23)/t15-,17+,21+/m1/s1. The Labute approximate surface area is 155 Å². The molecule has 2 aliphatic carbocycles. The van der Waals surface area contributed by atoms with Crippen molar-refractivity contribution in [3.8, 4) is 5.75 Å². The first-order chi connectivity index (χ1) is 12.2. The van der Waals surface area contributed by atoms with Crippen LogP contribution < -0.4 is 10.5 Å². The number of carbonyl (C=O) groups excluding carboxylic acids is 1. The number of nitrogens with two attached hydrogens (primary N) is 1. The van der Waals surface area contributed by atoms with Crippen molar-refractivity contribution in [2.45, 2.75) is 59.0 Å². The number of hydrogen-bond acceptors (Lipinski definition) is 4. The van der Waals surface area contributed by atoms with Gasteiger partial charge in [-0.1, -0.05) is 20.8 Å². The third kappa shape index (κ3) is 3.31. The summed E-state index contributed by atoms with van der Waals surface area (Å²) in [6, 6.07) is 7.08. The van der Waals surface area contributed by atoms with Gasteiger partial charge in [-0.15, -0.1) is 0 Å². The molecule has 3 rings (SSSR count). The molecule has 2 bridgehead atoms. The van der Waals surface area contributed by atoms with Gasteiger partial charge in [0.15, 0.2) is 0 Å². The SMILES string of the molecule is CC1(C)[C@@H]2CC[C@@]1(C)[C@@H](OC(=O)CCCOc1ccc(C(=N)N)cc1)C2. The van der Waals surface area contributed by atoms with Crippen LogP contribution in [0.4, 0.5) is 0 Å². The van der Waals surface area contributed by atoms with E-state index in [1.165, 1.54) is 6.42 Å². The van der Waals surface area contributed by atoms with Crippen LogP contribution in [0.3, 0.4) is 0 Å². The predicted molar refractivity (Wildman–Crippen MR) is 101 cm³/mol. The first kappa shape index (κ1) is 18.7. The molecule has 0 aliphatic heterocycles. The molecule has 3 N–H and O–H groups in total. The minimum Gasteiger partial charge on any atom is -0.494 e. The van der Waals surface area contributed by atoms with Crippen molar-refractivity contribution in [3.05, 3.63) is 29.8 Å². The van der Waals surface area contributed by atoms with Crippen molar-refractivity contribution in [3.63, 3.8) is 0 Å². The average Bonchev–Trinajstić information content (AvgIpc) is 2.92. The van der Waals surface area contributed by atoms with Gasteiger partial charge in [-0.3, -0.25) is 10.2 Å². The number of nitrogen functional groups attached to an aromatic ring is 1. The van der Waals surface area contributed by atoms with Gasteiger partial charge < -0.3 is 15.2 Å². The van der Waals surface area contributed by atoms with E-state index in [0.717, 1.165) is 12.8 Å². The van der Waals surface area contributed by atoms with Gasteiger partial charge in [-0.25, -0.2) is 0 Å². The molecule has 2 saturated carbocycles. The van der Waals surface area contributed by atoms with Gasteiger partial charge in [-0.2, -0.15) is 0 Å². The molecule has 5 heteroatoms. The van der Waals surface area contributed by atoms with Crippen molar-refractivity contribution < 1.29 is 14.3 Å². The van der Waals surface area contributed by atoms with Crippen LogP contribution in [0.15, 0.2) is 24.3 Å². The van der Waals surface area contributed by atoms with Gasteiger partial charge in [0.25, 0.3) is 0 Å². The smallest absolute Gasteiger partial charge is 0.306 e. The fourth-order valence-corrected chi connectivity index (χ4v) is 4.66. The van der Waals surface area contributed by atoms with Gasteiger partial charge in [-0.05, 0) is 61.3 Å². The molecule has 0 heterocycles. The first-order valence-corrected chi connectivity index (χ1v) is 9.51. The normalized spacial score (nSPS) is 28.7. The molecule has 2 fully saturated rings. The number of amidine groups is 1. The zero-order valence-electron chi connectivity index (χ0n) is 16.0. The maximum Gasteiger partial charge on any atom is 0.306 e. The number of hydrogen-bond donors (Lipinski definition) is 2. The quantitative estimate of drug-likeness (QED) is 0.335. The van der Waals surface area contributed by atoms with Gasteiger partial charge in [0, 0.05) is 17.4 Å². The zero-order valence-corrected chi connectivity index (χ0v) is 16.0. The zero-order chi connectivity index (χ0) is 18.9. The van der Waals surface area contributed by atoms with Gasteiger partial charge in [0.1, 0.15) is 17.7 Å². The largest absolute Gasteiger partial charge is 0.494 e. The Bertz CT molecular complexity index is 683. The fraction of sp³-hybridized carbons (Fsp3) is 0.619. The van der Waals surface area contributed by atoms with Crippen LogP contribution in [0.25, 0.3) is 0 Å². The number of benzene rings is 1.